The maximum atomic E-state index is 11.7. The minimum absolute atomic E-state index is 0.278. The minimum atomic E-state index is -0.623. The summed E-state index contributed by atoms with van der Waals surface area (Å²) in [5.74, 6) is 0. The van der Waals surface area contributed by atoms with Gasteiger partial charge in [-0.1, -0.05) is 46.9 Å². The van der Waals surface area contributed by atoms with Gasteiger partial charge in [0, 0.05) is 16.5 Å². The van der Waals surface area contributed by atoms with Gasteiger partial charge in [-0.05, 0) is 54.4 Å². The molecule has 24 heavy (non-hydrogen) atoms. The Bertz CT molecular complexity index is 835. The van der Waals surface area contributed by atoms with E-state index in [-0.39, 0.29) is 5.71 Å². The van der Waals surface area contributed by atoms with Crippen LogP contribution in [0.2, 0.25) is 15.1 Å². The predicted octanol–water partition coefficient (Wildman–Crippen LogP) is 5.89. The second-order valence-electron chi connectivity index (χ2n) is 5.69. The first-order chi connectivity index (χ1) is 11.3. The first-order valence-corrected chi connectivity index (χ1v) is 8.61. The Morgan fingerprint density at radius 1 is 1.08 bits per heavy atom. The molecule has 2 aromatic carbocycles. The van der Waals surface area contributed by atoms with Crippen molar-refractivity contribution in [2.45, 2.75) is 18.9 Å². The van der Waals surface area contributed by atoms with E-state index in [2.05, 4.69) is 5.10 Å². The fourth-order valence-corrected chi connectivity index (χ4v) is 3.50. The van der Waals surface area contributed by atoms with Crippen LogP contribution in [0.15, 0.2) is 47.6 Å². The molecule has 124 valence electrons. The topological polar surface area (TPSA) is 32.7 Å². The van der Waals surface area contributed by atoms with E-state index in [4.69, 9.17) is 46.4 Å². The molecule has 0 saturated carbocycles. The maximum Gasteiger partial charge on any atom is 0.268 e. The molecule has 0 fully saturated rings. The fraction of sp³-hybridized carbons (Fsp3) is 0.176. The number of hydrazone groups is 1. The predicted molar refractivity (Wildman–Crippen MR) is 101 cm³/mol. The van der Waals surface area contributed by atoms with Crippen LogP contribution < -0.4 is 5.01 Å². The highest BCUT2D eigenvalue weighted by Crippen LogP contribution is 2.44. The molecule has 0 bridgehead atoms. The van der Waals surface area contributed by atoms with Gasteiger partial charge in [0.25, 0.3) is 5.24 Å². The molecule has 0 spiro atoms. The van der Waals surface area contributed by atoms with Crippen molar-refractivity contribution in [1.82, 2.24) is 0 Å². The molecular weight excluding hydrogens is 390 g/mol. The lowest BCUT2D eigenvalue weighted by molar-refractivity contribution is -0.106. The zero-order chi connectivity index (χ0) is 17.5. The zero-order valence-corrected chi connectivity index (χ0v) is 15.6. The fourth-order valence-electron chi connectivity index (χ4n) is 2.78. The molecular formula is C17H12Cl4N2O. The Kier molecular flexibility index (Phi) is 4.80. The van der Waals surface area contributed by atoms with Crippen molar-refractivity contribution < 1.29 is 4.79 Å². The third kappa shape index (κ3) is 3.14. The third-order valence-electron chi connectivity index (χ3n) is 4.03. The van der Waals surface area contributed by atoms with Gasteiger partial charge in [0.2, 0.25) is 0 Å². The van der Waals surface area contributed by atoms with E-state index in [1.807, 2.05) is 19.1 Å². The van der Waals surface area contributed by atoms with Crippen LogP contribution in [0.25, 0.3) is 0 Å². The summed E-state index contributed by atoms with van der Waals surface area (Å²) in [6, 6.07) is 12.5. The van der Waals surface area contributed by atoms with Crippen molar-refractivity contribution in [3.8, 4) is 0 Å². The normalized spacial score (nSPS) is 20.2. The van der Waals surface area contributed by atoms with Crippen LogP contribution in [0.1, 0.15) is 18.9 Å². The molecule has 0 saturated heterocycles. The average Bonchev–Trinajstić information content (AvgIpc) is 2.87. The van der Waals surface area contributed by atoms with Crippen LogP contribution in [-0.4, -0.2) is 11.0 Å². The van der Waals surface area contributed by atoms with E-state index in [0.29, 0.717) is 27.2 Å². The molecule has 1 atom stereocenters. The van der Waals surface area contributed by atoms with Gasteiger partial charge in [-0.15, -0.1) is 0 Å². The first kappa shape index (κ1) is 17.6. The maximum absolute atomic E-state index is 11.7. The molecule has 1 unspecified atom stereocenters. The smallest absolute Gasteiger partial charge is 0.268 e. The Morgan fingerprint density at radius 2 is 1.71 bits per heavy atom. The van der Waals surface area contributed by atoms with Crippen LogP contribution >= 0.6 is 46.4 Å². The summed E-state index contributed by atoms with van der Waals surface area (Å²) in [5, 5.41) is 7.13. The van der Waals surface area contributed by atoms with Crippen LogP contribution in [0.3, 0.4) is 0 Å². The van der Waals surface area contributed by atoms with Gasteiger partial charge in [0.15, 0.2) is 0 Å². The van der Waals surface area contributed by atoms with Crippen LogP contribution in [0.4, 0.5) is 5.69 Å². The standard InChI is InChI=1S/C17H12Cl4N2O/c1-17(10-2-4-11(18)5-3-10)9-14(16(21)24)22-23(17)15-7-6-12(19)8-13(15)20/h2-8H,9H2,1H3. The number of carbonyl (C=O) groups excluding carboxylic acids is 1. The lowest BCUT2D eigenvalue weighted by Crippen LogP contribution is -2.37. The van der Waals surface area contributed by atoms with E-state index in [0.717, 1.165) is 5.56 Å². The van der Waals surface area contributed by atoms with Gasteiger partial charge in [0.1, 0.15) is 5.71 Å². The number of hydrogen-bond acceptors (Lipinski definition) is 3. The molecule has 3 nitrogen and oxygen atoms in total. The van der Waals surface area contributed by atoms with Crippen molar-refractivity contribution in [3.63, 3.8) is 0 Å². The molecule has 0 radical (unpaired) electrons. The lowest BCUT2D eigenvalue weighted by Gasteiger charge is -2.35. The van der Waals surface area contributed by atoms with E-state index in [1.54, 1.807) is 35.3 Å². The Balaban J connectivity index is 2.13. The Morgan fingerprint density at radius 3 is 2.29 bits per heavy atom. The Labute approximate surface area is 159 Å². The van der Waals surface area contributed by atoms with Gasteiger partial charge < -0.3 is 0 Å². The molecule has 7 heteroatoms. The molecule has 1 aliphatic rings. The second-order valence-corrected chi connectivity index (χ2v) is 7.31. The third-order valence-corrected chi connectivity index (χ3v) is 5.04. The van der Waals surface area contributed by atoms with Crippen molar-refractivity contribution in [2.75, 3.05) is 5.01 Å². The van der Waals surface area contributed by atoms with Crippen LogP contribution in [-0.2, 0) is 10.3 Å². The highest BCUT2D eigenvalue weighted by Gasteiger charge is 2.43. The van der Waals surface area contributed by atoms with E-state index < -0.39 is 10.8 Å². The van der Waals surface area contributed by atoms with Crippen molar-refractivity contribution in [3.05, 3.63) is 63.1 Å². The van der Waals surface area contributed by atoms with E-state index in [9.17, 15) is 4.79 Å². The monoisotopic (exact) mass is 400 g/mol. The quantitative estimate of drug-likeness (QED) is 0.600. The highest BCUT2D eigenvalue weighted by atomic mass is 35.5. The Hall–Kier alpha value is -1.26. The SMILES string of the molecule is CC1(c2ccc(Cl)cc2)CC(C(=O)Cl)=NN1c1ccc(Cl)cc1Cl. The summed E-state index contributed by atoms with van der Waals surface area (Å²) in [6.07, 6.45) is 0.357. The highest BCUT2D eigenvalue weighted by molar-refractivity contribution is 6.82. The van der Waals surface area contributed by atoms with Gasteiger partial charge in [-0.3, -0.25) is 9.80 Å². The number of nitrogens with zero attached hydrogens (tertiary/aromatic N) is 2. The summed E-state index contributed by atoms with van der Waals surface area (Å²) in [4.78, 5) is 11.7. The second kappa shape index (κ2) is 6.57. The van der Waals surface area contributed by atoms with Crippen molar-refractivity contribution >= 4 is 63.0 Å². The molecule has 1 heterocycles. The van der Waals surface area contributed by atoms with Crippen molar-refractivity contribution in [2.24, 2.45) is 5.10 Å². The van der Waals surface area contributed by atoms with Crippen LogP contribution in [0, 0.1) is 0 Å². The van der Waals surface area contributed by atoms with Gasteiger partial charge in [-0.25, -0.2) is 0 Å². The number of halogens is 4. The van der Waals surface area contributed by atoms with Gasteiger partial charge in [0.05, 0.1) is 16.2 Å². The number of hydrogen-bond donors (Lipinski definition) is 0. The van der Waals surface area contributed by atoms with Gasteiger partial charge >= 0.3 is 0 Å². The number of carbonyl (C=O) groups is 1. The molecule has 1 aliphatic heterocycles. The summed E-state index contributed by atoms with van der Waals surface area (Å²) in [7, 11) is 0. The van der Waals surface area contributed by atoms with E-state index >= 15 is 0 Å². The number of anilines is 1. The molecule has 0 N–H and O–H groups in total. The molecule has 0 aliphatic carbocycles. The first-order valence-electron chi connectivity index (χ1n) is 7.10. The number of benzene rings is 2. The number of rotatable bonds is 3. The summed E-state index contributed by atoms with van der Waals surface area (Å²) >= 11 is 24.0. The molecule has 2 aromatic rings. The zero-order valence-electron chi connectivity index (χ0n) is 12.6. The molecule has 0 aromatic heterocycles. The van der Waals surface area contributed by atoms with Gasteiger partial charge in [-0.2, -0.15) is 5.10 Å². The summed E-state index contributed by atoms with van der Waals surface area (Å²) in [5.41, 5.74) is 1.24. The van der Waals surface area contributed by atoms with Crippen molar-refractivity contribution in [1.29, 1.82) is 0 Å². The molecule has 0 amide bonds. The van der Waals surface area contributed by atoms with Crippen LogP contribution in [0.5, 0.6) is 0 Å². The summed E-state index contributed by atoms with van der Waals surface area (Å²) < 4.78 is 0. The largest absolute Gasteiger partial charge is 0.274 e. The summed E-state index contributed by atoms with van der Waals surface area (Å²) in [6.45, 7) is 1.97. The molecule has 3 rings (SSSR count). The average molecular weight is 402 g/mol. The van der Waals surface area contributed by atoms with E-state index in [1.165, 1.54) is 0 Å². The lowest BCUT2D eigenvalue weighted by atomic mass is 9.87. The minimum Gasteiger partial charge on any atom is -0.274 e.